The molecule has 0 unspecified atom stereocenters. The molecule has 1 amide bonds. The van der Waals surface area contributed by atoms with E-state index in [2.05, 4.69) is 21.0 Å². The van der Waals surface area contributed by atoms with Crippen molar-refractivity contribution < 1.29 is 9.90 Å². The molecule has 1 N–H and O–H groups in total. The van der Waals surface area contributed by atoms with E-state index in [1.807, 2.05) is 54.6 Å². The van der Waals surface area contributed by atoms with E-state index >= 15 is 0 Å². The molecule has 0 atom stereocenters. The van der Waals surface area contributed by atoms with Gasteiger partial charge in [-0.25, -0.2) is 0 Å². The van der Waals surface area contributed by atoms with Crippen LogP contribution in [-0.4, -0.2) is 26.6 Å². The molecule has 4 nitrogen and oxygen atoms in total. The van der Waals surface area contributed by atoms with Gasteiger partial charge in [0.1, 0.15) is 5.75 Å². The smallest absolute Gasteiger partial charge is 0.286 e. The number of rotatable bonds is 3. The van der Waals surface area contributed by atoms with Crippen molar-refractivity contribution in [3.05, 3.63) is 81.2 Å². The summed E-state index contributed by atoms with van der Waals surface area (Å²) in [5, 5.41) is 17.5. The van der Waals surface area contributed by atoms with Gasteiger partial charge in [-0.3, -0.25) is 4.79 Å². The summed E-state index contributed by atoms with van der Waals surface area (Å²) < 4.78 is 1.28. The number of phenols is 1. The van der Waals surface area contributed by atoms with E-state index in [9.17, 15) is 9.90 Å². The third kappa shape index (κ3) is 3.73. The average molecular weight is 469 g/mol. The van der Waals surface area contributed by atoms with Crippen LogP contribution in [0.3, 0.4) is 0 Å². The van der Waals surface area contributed by atoms with Gasteiger partial charge in [-0.15, -0.1) is 0 Å². The molecule has 1 fully saturated rings. The van der Waals surface area contributed by atoms with E-state index in [0.717, 1.165) is 20.8 Å². The highest BCUT2D eigenvalue weighted by Crippen LogP contribution is 2.33. The zero-order chi connectivity index (χ0) is 19.7. The summed E-state index contributed by atoms with van der Waals surface area (Å²) in [6.45, 7) is 0. The normalized spacial score (nSPS) is 16.0. The summed E-state index contributed by atoms with van der Waals surface area (Å²) in [6.07, 6.45) is 3.26. The minimum absolute atomic E-state index is 0.0950. The third-order valence-electron chi connectivity index (χ3n) is 4.17. The van der Waals surface area contributed by atoms with Gasteiger partial charge >= 0.3 is 0 Å². The standard InChI is InChI=1S/C21H13BrN2O2S2/c22-15-6-3-4-13(10-15)11-19-20(26)24(21(27)28-19)23-12-17-16-7-2-1-5-14(16)8-9-18(17)25/h1-12,25H/b19-11?,23-12+. The van der Waals surface area contributed by atoms with E-state index in [1.165, 1.54) is 23.0 Å². The van der Waals surface area contributed by atoms with Crippen LogP contribution >= 0.6 is 39.9 Å². The highest BCUT2D eigenvalue weighted by Gasteiger charge is 2.32. The van der Waals surface area contributed by atoms with Crippen LogP contribution in [0, 0.1) is 0 Å². The summed E-state index contributed by atoms with van der Waals surface area (Å²) in [7, 11) is 0. The molecule has 28 heavy (non-hydrogen) atoms. The number of thioether (sulfide) groups is 1. The number of amides is 1. The number of aromatic hydroxyl groups is 1. The Morgan fingerprint density at radius 2 is 1.93 bits per heavy atom. The lowest BCUT2D eigenvalue weighted by atomic mass is 10.0. The molecule has 3 aromatic rings. The molecule has 3 aromatic carbocycles. The lowest BCUT2D eigenvalue weighted by molar-refractivity contribution is -0.122. The second kappa shape index (κ2) is 7.87. The number of hydrazone groups is 1. The number of carbonyl (C=O) groups is 1. The van der Waals surface area contributed by atoms with Gasteiger partial charge < -0.3 is 5.11 Å². The molecule has 0 spiro atoms. The fourth-order valence-corrected chi connectivity index (χ4v) is 4.43. The van der Waals surface area contributed by atoms with Crippen molar-refractivity contribution in [1.29, 1.82) is 0 Å². The molecular weight excluding hydrogens is 456 g/mol. The minimum atomic E-state index is -0.286. The summed E-state index contributed by atoms with van der Waals surface area (Å²) in [5.41, 5.74) is 1.44. The van der Waals surface area contributed by atoms with Crippen molar-refractivity contribution in [1.82, 2.24) is 5.01 Å². The Morgan fingerprint density at radius 1 is 1.11 bits per heavy atom. The number of nitrogens with zero attached hydrogens (tertiary/aromatic N) is 2. The maximum absolute atomic E-state index is 12.7. The summed E-state index contributed by atoms with van der Waals surface area (Å²) in [5.74, 6) is -0.191. The van der Waals surface area contributed by atoms with Crippen LogP contribution in [-0.2, 0) is 4.79 Å². The first-order valence-electron chi connectivity index (χ1n) is 8.31. The van der Waals surface area contributed by atoms with Crippen LogP contribution in [0.2, 0.25) is 0 Å². The maximum Gasteiger partial charge on any atom is 0.286 e. The summed E-state index contributed by atoms with van der Waals surface area (Å²) >= 11 is 9.95. The number of benzene rings is 3. The van der Waals surface area contributed by atoms with Crippen molar-refractivity contribution >= 4 is 73.2 Å². The van der Waals surface area contributed by atoms with E-state index in [-0.39, 0.29) is 11.7 Å². The average Bonchev–Trinajstić information content (AvgIpc) is 2.94. The number of thiocarbonyl (C=S) groups is 1. The van der Waals surface area contributed by atoms with Crippen LogP contribution in [0.1, 0.15) is 11.1 Å². The third-order valence-corrected chi connectivity index (χ3v) is 5.95. The number of hydrogen-bond donors (Lipinski definition) is 1. The molecule has 1 aliphatic heterocycles. The Morgan fingerprint density at radius 3 is 2.75 bits per heavy atom. The Kier molecular flexibility index (Phi) is 5.30. The van der Waals surface area contributed by atoms with E-state index < -0.39 is 0 Å². The highest BCUT2D eigenvalue weighted by molar-refractivity contribution is 9.10. The first-order chi connectivity index (χ1) is 13.5. The first-order valence-corrected chi connectivity index (χ1v) is 10.3. The fourth-order valence-electron chi connectivity index (χ4n) is 2.84. The molecule has 0 bridgehead atoms. The summed E-state index contributed by atoms with van der Waals surface area (Å²) in [4.78, 5) is 13.2. The molecule has 1 heterocycles. The minimum Gasteiger partial charge on any atom is -0.507 e. The van der Waals surface area contributed by atoms with Gasteiger partial charge in [0.2, 0.25) is 0 Å². The van der Waals surface area contributed by atoms with Gasteiger partial charge in [0.25, 0.3) is 5.91 Å². The molecule has 4 rings (SSSR count). The Hall–Kier alpha value is -2.48. The largest absolute Gasteiger partial charge is 0.507 e. The molecule has 138 valence electrons. The second-order valence-corrected chi connectivity index (χ2v) is 8.60. The topological polar surface area (TPSA) is 52.9 Å². The van der Waals surface area contributed by atoms with Gasteiger partial charge in [-0.2, -0.15) is 10.1 Å². The van der Waals surface area contributed by atoms with E-state index in [4.69, 9.17) is 12.2 Å². The number of phenolic OH excluding ortho intramolecular Hbond substituents is 1. The van der Waals surface area contributed by atoms with Crippen LogP contribution in [0.5, 0.6) is 5.75 Å². The van der Waals surface area contributed by atoms with Crippen LogP contribution in [0.4, 0.5) is 0 Å². The molecule has 0 aliphatic carbocycles. The van der Waals surface area contributed by atoms with Gasteiger partial charge in [-0.05, 0) is 52.8 Å². The van der Waals surface area contributed by atoms with Crippen LogP contribution in [0.15, 0.2) is 75.1 Å². The van der Waals surface area contributed by atoms with Crippen molar-refractivity contribution in [3.8, 4) is 5.75 Å². The van der Waals surface area contributed by atoms with Gasteiger partial charge in [0.15, 0.2) is 4.32 Å². The molecule has 0 radical (unpaired) electrons. The second-order valence-electron chi connectivity index (χ2n) is 6.01. The van der Waals surface area contributed by atoms with E-state index in [1.54, 1.807) is 12.1 Å². The van der Waals surface area contributed by atoms with Crippen molar-refractivity contribution in [2.45, 2.75) is 0 Å². The maximum atomic E-state index is 12.7. The van der Waals surface area contributed by atoms with Crippen molar-refractivity contribution in [2.24, 2.45) is 5.10 Å². The molecule has 1 aliphatic rings. The zero-order valence-electron chi connectivity index (χ0n) is 14.4. The number of fused-ring (bicyclic) bond motifs is 1. The van der Waals surface area contributed by atoms with E-state index in [0.29, 0.717) is 14.8 Å². The molecular formula is C21H13BrN2O2S2. The Bertz CT molecular complexity index is 1170. The molecule has 1 saturated heterocycles. The molecule has 0 aromatic heterocycles. The van der Waals surface area contributed by atoms with Crippen LogP contribution < -0.4 is 0 Å². The fraction of sp³-hybridized carbons (Fsp3) is 0. The number of hydrogen-bond acceptors (Lipinski definition) is 5. The SMILES string of the molecule is O=C1C(=Cc2cccc(Br)c2)SC(=S)N1/N=C/c1c(O)ccc2ccccc12. The monoisotopic (exact) mass is 468 g/mol. The van der Waals surface area contributed by atoms with Gasteiger partial charge in [-0.1, -0.05) is 70.2 Å². The first kappa shape index (κ1) is 18.9. The van der Waals surface area contributed by atoms with Crippen molar-refractivity contribution in [2.75, 3.05) is 0 Å². The lowest BCUT2D eigenvalue weighted by Gasteiger charge is -2.08. The predicted octanol–water partition coefficient (Wildman–Crippen LogP) is 5.54. The number of halogens is 1. The van der Waals surface area contributed by atoms with Gasteiger partial charge in [0, 0.05) is 10.0 Å². The predicted molar refractivity (Wildman–Crippen MR) is 122 cm³/mol. The zero-order valence-corrected chi connectivity index (χ0v) is 17.6. The molecule has 0 saturated carbocycles. The lowest BCUT2D eigenvalue weighted by Crippen LogP contribution is -2.22. The van der Waals surface area contributed by atoms with Crippen LogP contribution in [0.25, 0.3) is 16.8 Å². The van der Waals surface area contributed by atoms with Crippen molar-refractivity contribution in [3.63, 3.8) is 0 Å². The quantitative estimate of drug-likeness (QED) is 0.311. The summed E-state index contributed by atoms with van der Waals surface area (Å²) in [6, 6.07) is 18.8. The number of carbonyl (C=O) groups excluding carboxylic acids is 1. The molecule has 7 heteroatoms. The van der Waals surface area contributed by atoms with Gasteiger partial charge in [0.05, 0.1) is 11.1 Å². The highest BCUT2D eigenvalue weighted by atomic mass is 79.9. The Labute approximate surface area is 179 Å². The Balaban J connectivity index is 1.65.